The molecule has 0 spiro atoms. The second-order valence-corrected chi connectivity index (χ2v) is 5.70. The van der Waals surface area contributed by atoms with Crippen molar-refractivity contribution in [3.63, 3.8) is 0 Å². The molecule has 2 rings (SSSR count). The van der Waals surface area contributed by atoms with Crippen molar-refractivity contribution >= 4 is 5.97 Å². The molecule has 0 aromatic carbocycles. The van der Waals surface area contributed by atoms with Gasteiger partial charge in [-0.15, -0.1) is 0 Å². The Hall–Kier alpha value is -0.610. The number of hydrogen-bond acceptors (Lipinski definition) is 3. The van der Waals surface area contributed by atoms with Crippen LogP contribution in [0.25, 0.3) is 0 Å². The molecule has 0 bridgehead atoms. The molecule has 17 heavy (non-hydrogen) atoms. The summed E-state index contributed by atoms with van der Waals surface area (Å²) in [6.07, 6.45) is 7.17. The molecule has 0 heterocycles. The van der Waals surface area contributed by atoms with E-state index in [2.05, 4.69) is 5.32 Å². The van der Waals surface area contributed by atoms with Gasteiger partial charge in [0, 0.05) is 12.1 Å². The van der Waals surface area contributed by atoms with E-state index in [9.17, 15) is 4.79 Å². The van der Waals surface area contributed by atoms with Crippen molar-refractivity contribution < 1.29 is 9.90 Å². The van der Waals surface area contributed by atoms with Crippen LogP contribution in [0.1, 0.15) is 45.4 Å². The first kappa shape index (κ1) is 12.8. The fourth-order valence-electron chi connectivity index (χ4n) is 3.69. The Bertz CT molecular complexity index is 281. The summed E-state index contributed by atoms with van der Waals surface area (Å²) in [7, 11) is 0. The molecule has 98 valence electrons. The Kier molecular flexibility index (Phi) is 4.05. The van der Waals surface area contributed by atoms with Crippen LogP contribution in [0.5, 0.6) is 0 Å². The van der Waals surface area contributed by atoms with Crippen LogP contribution in [-0.4, -0.2) is 29.2 Å². The first-order valence-electron chi connectivity index (χ1n) is 6.84. The average Bonchev–Trinajstić information content (AvgIpc) is 2.29. The van der Waals surface area contributed by atoms with Gasteiger partial charge in [0.1, 0.15) is 6.04 Å². The number of nitrogens with one attached hydrogen (secondary N) is 1. The second kappa shape index (κ2) is 5.36. The molecule has 2 saturated carbocycles. The molecule has 2 aliphatic carbocycles. The number of carboxylic acid groups (broad SMARTS) is 1. The highest BCUT2D eigenvalue weighted by molar-refractivity contribution is 5.72. The van der Waals surface area contributed by atoms with Crippen LogP contribution in [0.3, 0.4) is 0 Å². The van der Waals surface area contributed by atoms with Crippen molar-refractivity contribution in [1.82, 2.24) is 5.32 Å². The lowest BCUT2D eigenvalue weighted by Crippen LogP contribution is -2.55. The van der Waals surface area contributed by atoms with Crippen LogP contribution >= 0.6 is 0 Å². The van der Waals surface area contributed by atoms with Gasteiger partial charge in [0.15, 0.2) is 0 Å². The fourth-order valence-corrected chi connectivity index (χ4v) is 3.69. The fraction of sp³-hybridized carbons (Fsp3) is 0.923. The van der Waals surface area contributed by atoms with Gasteiger partial charge >= 0.3 is 5.97 Å². The zero-order chi connectivity index (χ0) is 12.4. The van der Waals surface area contributed by atoms with Gasteiger partial charge < -0.3 is 16.2 Å². The third-order valence-electron chi connectivity index (χ3n) is 4.54. The average molecular weight is 240 g/mol. The maximum atomic E-state index is 10.9. The van der Waals surface area contributed by atoms with E-state index in [0.29, 0.717) is 17.9 Å². The third-order valence-corrected chi connectivity index (χ3v) is 4.54. The van der Waals surface area contributed by atoms with Crippen LogP contribution in [0.2, 0.25) is 0 Å². The van der Waals surface area contributed by atoms with Crippen LogP contribution in [0.15, 0.2) is 0 Å². The van der Waals surface area contributed by atoms with E-state index in [-0.39, 0.29) is 6.04 Å². The quantitative estimate of drug-likeness (QED) is 0.696. The van der Waals surface area contributed by atoms with Crippen LogP contribution in [0.4, 0.5) is 0 Å². The normalized spacial score (nSPS) is 39.4. The summed E-state index contributed by atoms with van der Waals surface area (Å²) in [4.78, 5) is 10.9. The van der Waals surface area contributed by atoms with E-state index in [1.807, 2.05) is 0 Å². The van der Waals surface area contributed by atoms with Gasteiger partial charge in [-0.2, -0.15) is 0 Å². The number of carboxylic acids is 1. The van der Waals surface area contributed by atoms with E-state index in [1.54, 1.807) is 6.92 Å². The third kappa shape index (κ3) is 2.80. The summed E-state index contributed by atoms with van der Waals surface area (Å²) >= 11 is 0. The Balaban J connectivity index is 2.02. The van der Waals surface area contributed by atoms with Gasteiger partial charge in [0.05, 0.1) is 0 Å². The molecule has 4 nitrogen and oxygen atoms in total. The summed E-state index contributed by atoms with van der Waals surface area (Å²) < 4.78 is 0. The van der Waals surface area contributed by atoms with Crippen molar-refractivity contribution in [3.05, 3.63) is 0 Å². The van der Waals surface area contributed by atoms with Crippen molar-refractivity contribution in [2.75, 3.05) is 0 Å². The van der Waals surface area contributed by atoms with E-state index in [1.165, 1.54) is 25.7 Å². The summed E-state index contributed by atoms with van der Waals surface area (Å²) in [6.45, 7) is 1.72. The molecule has 4 heteroatoms. The minimum Gasteiger partial charge on any atom is -0.480 e. The van der Waals surface area contributed by atoms with Gasteiger partial charge in [-0.05, 0) is 31.6 Å². The summed E-state index contributed by atoms with van der Waals surface area (Å²) in [6, 6.07) is 0.0931. The summed E-state index contributed by atoms with van der Waals surface area (Å²) in [5, 5.41) is 12.2. The largest absolute Gasteiger partial charge is 0.480 e. The molecule has 2 fully saturated rings. The van der Waals surface area contributed by atoms with Gasteiger partial charge in [0.2, 0.25) is 0 Å². The molecular formula is C13H24N2O2. The molecule has 0 aliphatic heterocycles. The van der Waals surface area contributed by atoms with Gasteiger partial charge in [-0.25, -0.2) is 0 Å². The molecule has 4 N–H and O–H groups in total. The highest BCUT2D eigenvalue weighted by Crippen LogP contribution is 2.40. The summed E-state index contributed by atoms with van der Waals surface area (Å²) in [5.74, 6) is 0.432. The highest BCUT2D eigenvalue weighted by Gasteiger charge is 2.39. The van der Waals surface area contributed by atoms with Crippen molar-refractivity contribution in [1.29, 1.82) is 0 Å². The number of rotatable bonds is 3. The van der Waals surface area contributed by atoms with Gasteiger partial charge in [-0.1, -0.05) is 25.7 Å². The lowest BCUT2D eigenvalue weighted by molar-refractivity contribution is -0.139. The molecule has 0 aromatic heterocycles. The molecule has 0 saturated heterocycles. The second-order valence-electron chi connectivity index (χ2n) is 5.70. The zero-order valence-corrected chi connectivity index (χ0v) is 10.6. The number of carbonyl (C=O) groups is 1. The maximum absolute atomic E-state index is 10.9. The first-order chi connectivity index (χ1) is 8.09. The Morgan fingerprint density at radius 2 is 1.94 bits per heavy atom. The number of nitrogens with two attached hydrogens (primary N) is 1. The van der Waals surface area contributed by atoms with Gasteiger partial charge in [-0.3, -0.25) is 4.79 Å². The van der Waals surface area contributed by atoms with Crippen LogP contribution in [0, 0.1) is 11.8 Å². The van der Waals surface area contributed by atoms with E-state index in [4.69, 9.17) is 10.8 Å². The first-order valence-corrected chi connectivity index (χ1v) is 6.84. The van der Waals surface area contributed by atoms with E-state index < -0.39 is 12.0 Å². The Labute approximate surface area is 103 Å². The topological polar surface area (TPSA) is 75.3 Å². The van der Waals surface area contributed by atoms with E-state index in [0.717, 1.165) is 12.8 Å². The van der Waals surface area contributed by atoms with Gasteiger partial charge in [0.25, 0.3) is 0 Å². The maximum Gasteiger partial charge on any atom is 0.320 e. The van der Waals surface area contributed by atoms with E-state index >= 15 is 0 Å². The SMILES string of the molecule is CC(NC1CCCC2CCCC(N)C21)C(=O)O. The molecule has 0 radical (unpaired) electrons. The predicted molar refractivity (Wildman–Crippen MR) is 66.7 cm³/mol. The smallest absolute Gasteiger partial charge is 0.320 e. The standard InChI is InChI=1S/C13H24N2O2/c1-8(13(16)17)15-11-7-3-5-9-4-2-6-10(14)12(9)11/h8-12,15H,2-7,14H2,1H3,(H,16,17). The number of aliphatic carboxylic acids is 1. The van der Waals surface area contributed by atoms with Crippen molar-refractivity contribution in [3.8, 4) is 0 Å². The number of fused-ring (bicyclic) bond motifs is 1. The molecule has 0 aromatic rings. The monoisotopic (exact) mass is 240 g/mol. The number of hydrogen-bond donors (Lipinski definition) is 3. The summed E-state index contributed by atoms with van der Waals surface area (Å²) in [5.41, 5.74) is 6.24. The lowest BCUT2D eigenvalue weighted by atomic mass is 9.66. The van der Waals surface area contributed by atoms with Crippen molar-refractivity contribution in [2.45, 2.75) is 63.6 Å². The molecular weight excluding hydrogens is 216 g/mol. The molecule has 5 unspecified atom stereocenters. The Morgan fingerprint density at radius 1 is 1.29 bits per heavy atom. The molecule has 5 atom stereocenters. The predicted octanol–water partition coefficient (Wildman–Crippen LogP) is 1.35. The van der Waals surface area contributed by atoms with Crippen molar-refractivity contribution in [2.24, 2.45) is 17.6 Å². The minimum absolute atomic E-state index is 0.257. The zero-order valence-electron chi connectivity index (χ0n) is 10.6. The minimum atomic E-state index is -0.767. The van der Waals surface area contributed by atoms with Crippen LogP contribution in [-0.2, 0) is 4.79 Å². The lowest BCUT2D eigenvalue weighted by Gasteiger charge is -2.45. The van der Waals surface area contributed by atoms with Crippen LogP contribution < -0.4 is 11.1 Å². The molecule has 2 aliphatic rings. The highest BCUT2D eigenvalue weighted by atomic mass is 16.4. The molecule has 0 amide bonds. The Morgan fingerprint density at radius 3 is 2.59 bits per heavy atom.